The summed E-state index contributed by atoms with van der Waals surface area (Å²) in [6.07, 6.45) is 1.77. The van der Waals surface area contributed by atoms with Crippen molar-refractivity contribution < 1.29 is 19.1 Å². The predicted octanol–water partition coefficient (Wildman–Crippen LogP) is 5.70. The minimum atomic E-state index is -0.319. The monoisotopic (exact) mass is 521 g/mol. The summed E-state index contributed by atoms with van der Waals surface area (Å²) in [4.78, 5) is 31.6. The lowest BCUT2D eigenvalue weighted by Crippen LogP contribution is -2.46. The summed E-state index contributed by atoms with van der Waals surface area (Å²) < 4.78 is 11.3. The summed E-state index contributed by atoms with van der Waals surface area (Å²) in [7, 11) is 0. The van der Waals surface area contributed by atoms with Crippen molar-refractivity contribution >= 4 is 29.0 Å². The van der Waals surface area contributed by atoms with E-state index < -0.39 is 0 Å². The molecule has 1 N–H and O–H groups in total. The lowest BCUT2D eigenvalue weighted by molar-refractivity contribution is -0.133. The number of hydrogen-bond acceptors (Lipinski definition) is 5. The third kappa shape index (κ3) is 7.81. The van der Waals surface area contributed by atoms with E-state index >= 15 is 0 Å². The van der Waals surface area contributed by atoms with Gasteiger partial charge >= 0.3 is 6.03 Å². The molecule has 1 fully saturated rings. The molecule has 7 nitrogen and oxygen atoms in total. The van der Waals surface area contributed by atoms with Crippen LogP contribution in [0.5, 0.6) is 5.75 Å². The van der Waals surface area contributed by atoms with Gasteiger partial charge in [-0.05, 0) is 73.5 Å². The average Bonchev–Trinajstić information content (AvgIpc) is 3.57. The van der Waals surface area contributed by atoms with Crippen molar-refractivity contribution in [1.29, 1.82) is 0 Å². The summed E-state index contributed by atoms with van der Waals surface area (Å²) in [5.41, 5.74) is 2.86. The van der Waals surface area contributed by atoms with Crippen molar-refractivity contribution in [2.45, 2.75) is 45.9 Å². The van der Waals surface area contributed by atoms with Crippen molar-refractivity contribution in [3.63, 3.8) is 0 Å². The van der Waals surface area contributed by atoms with Gasteiger partial charge in [-0.15, -0.1) is 11.3 Å². The van der Waals surface area contributed by atoms with Crippen LogP contribution in [-0.2, 0) is 22.6 Å². The van der Waals surface area contributed by atoms with Gasteiger partial charge < -0.3 is 24.6 Å². The molecule has 2 aromatic carbocycles. The number of ether oxygens (including phenoxy) is 2. The molecule has 3 aromatic rings. The van der Waals surface area contributed by atoms with Crippen LogP contribution in [0.4, 0.5) is 10.5 Å². The van der Waals surface area contributed by atoms with Gasteiger partial charge in [-0.1, -0.05) is 30.3 Å². The van der Waals surface area contributed by atoms with E-state index in [9.17, 15) is 9.59 Å². The van der Waals surface area contributed by atoms with Gasteiger partial charge in [-0.25, -0.2) is 4.79 Å². The van der Waals surface area contributed by atoms with Gasteiger partial charge in [0.05, 0.1) is 19.3 Å². The van der Waals surface area contributed by atoms with Crippen LogP contribution < -0.4 is 10.1 Å². The number of aryl methyl sites for hydroxylation is 1. The number of urea groups is 1. The zero-order valence-electron chi connectivity index (χ0n) is 21.5. The molecule has 0 radical (unpaired) electrons. The van der Waals surface area contributed by atoms with E-state index in [0.717, 1.165) is 29.0 Å². The smallest absolute Gasteiger partial charge is 0.322 e. The number of carbonyl (C=O) groups excluding carboxylic acids is 2. The fourth-order valence-corrected chi connectivity index (χ4v) is 5.22. The molecular weight excluding hydrogens is 486 g/mol. The molecule has 2 heterocycles. The summed E-state index contributed by atoms with van der Waals surface area (Å²) in [6.45, 7) is 6.57. The number of nitrogens with one attached hydrogen (secondary N) is 1. The minimum Gasteiger partial charge on any atom is -0.494 e. The molecule has 4 rings (SSSR count). The number of nitrogens with zero attached hydrogens (tertiary/aromatic N) is 2. The van der Waals surface area contributed by atoms with E-state index in [1.807, 2.05) is 59.7 Å². The fourth-order valence-electron chi connectivity index (χ4n) is 4.30. The molecule has 3 amide bonds. The maximum absolute atomic E-state index is 13.7. The minimum absolute atomic E-state index is 0.0278. The maximum atomic E-state index is 13.7. The van der Waals surface area contributed by atoms with Crippen LogP contribution >= 0.6 is 11.3 Å². The van der Waals surface area contributed by atoms with Gasteiger partial charge in [-0.3, -0.25) is 4.79 Å². The maximum Gasteiger partial charge on any atom is 0.322 e. The number of benzene rings is 2. The van der Waals surface area contributed by atoms with Crippen molar-refractivity contribution in [1.82, 2.24) is 9.80 Å². The van der Waals surface area contributed by atoms with Crippen LogP contribution in [0.1, 0.15) is 35.8 Å². The highest BCUT2D eigenvalue weighted by atomic mass is 32.1. The van der Waals surface area contributed by atoms with E-state index in [1.165, 1.54) is 5.56 Å². The Morgan fingerprint density at radius 1 is 1.05 bits per heavy atom. The van der Waals surface area contributed by atoms with Crippen molar-refractivity contribution in [2.24, 2.45) is 0 Å². The van der Waals surface area contributed by atoms with Crippen LogP contribution in [0.2, 0.25) is 0 Å². The Balaban J connectivity index is 1.49. The van der Waals surface area contributed by atoms with Gasteiger partial charge in [0.25, 0.3) is 0 Å². The summed E-state index contributed by atoms with van der Waals surface area (Å²) in [5, 5.41) is 4.99. The highest BCUT2D eigenvalue weighted by molar-refractivity contribution is 7.10. The summed E-state index contributed by atoms with van der Waals surface area (Å²) >= 11 is 1.65. The zero-order valence-corrected chi connectivity index (χ0v) is 22.3. The second-order valence-corrected chi connectivity index (χ2v) is 10.2. The first-order chi connectivity index (χ1) is 18.0. The number of rotatable bonds is 11. The highest BCUT2D eigenvalue weighted by Crippen LogP contribution is 2.21. The average molecular weight is 522 g/mol. The zero-order chi connectivity index (χ0) is 26.0. The van der Waals surface area contributed by atoms with Crippen molar-refractivity contribution in [3.05, 3.63) is 82.0 Å². The Morgan fingerprint density at radius 2 is 1.84 bits per heavy atom. The van der Waals surface area contributed by atoms with E-state index in [2.05, 4.69) is 18.3 Å². The van der Waals surface area contributed by atoms with E-state index in [1.54, 1.807) is 28.4 Å². The molecule has 0 bridgehead atoms. The largest absolute Gasteiger partial charge is 0.494 e. The van der Waals surface area contributed by atoms with Crippen LogP contribution in [0, 0.1) is 6.92 Å². The first-order valence-electron chi connectivity index (χ1n) is 12.8. The number of hydrogen-bond donors (Lipinski definition) is 1. The normalized spacial score (nSPS) is 14.8. The van der Waals surface area contributed by atoms with Crippen LogP contribution in [0.15, 0.2) is 66.0 Å². The van der Waals surface area contributed by atoms with Gasteiger partial charge in [0.1, 0.15) is 12.3 Å². The Morgan fingerprint density at radius 3 is 2.49 bits per heavy atom. The SMILES string of the molecule is CCOc1ccc(NC(=O)N(CC(=O)N(Cc2ccccc2)Cc2sccc2C)CC2CCCO2)cc1. The third-order valence-electron chi connectivity index (χ3n) is 6.35. The second-order valence-electron chi connectivity index (χ2n) is 9.17. The molecule has 8 heteroatoms. The van der Waals surface area contributed by atoms with Gasteiger partial charge in [0.2, 0.25) is 5.91 Å². The second kappa shape index (κ2) is 13.3. The Bertz CT molecular complexity index is 1140. The van der Waals surface area contributed by atoms with Crippen LogP contribution in [0.25, 0.3) is 0 Å². The summed E-state index contributed by atoms with van der Waals surface area (Å²) in [6, 6.07) is 18.9. The predicted molar refractivity (Wildman–Crippen MR) is 147 cm³/mol. The molecule has 0 saturated carbocycles. The molecule has 37 heavy (non-hydrogen) atoms. The number of thiophene rings is 1. The first-order valence-corrected chi connectivity index (χ1v) is 13.6. The number of amides is 3. The lowest BCUT2D eigenvalue weighted by Gasteiger charge is -2.29. The number of carbonyl (C=O) groups is 2. The molecule has 1 unspecified atom stereocenters. The third-order valence-corrected chi connectivity index (χ3v) is 7.36. The van der Waals surface area contributed by atoms with E-state index in [-0.39, 0.29) is 24.6 Å². The molecule has 1 atom stereocenters. The quantitative estimate of drug-likeness (QED) is 0.352. The van der Waals surface area contributed by atoms with Crippen molar-refractivity contribution in [2.75, 3.05) is 31.6 Å². The van der Waals surface area contributed by atoms with Gasteiger partial charge in [0.15, 0.2) is 0 Å². The van der Waals surface area contributed by atoms with Crippen LogP contribution in [-0.4, -0.2) is 54.1 Å². The van der Waals surface area contributed by atoms with E-state index in [0.29, 0.717) is 38.5 Å². The fraction of sp³-hybridized carbons (Fsp3) is 0.379. The molecule has 1 aromatic heterocycles. The topological polar surface area (TPSA) is 71.1 Å². The first kappa shape index (κ1) is 26.7. The lowest BCUT2D eigenvalue weighted by atomic mass is 10.2. The Kier molecular flexibility index (Phi) is 9.57. The van der Waals surface area contributed by atoms with Crippen LogP contribution in [0.3, 0.4) is 0 Å². The molecule has 1 saturated heterocycles. The molecular formula is C29H35N3O4S. The van der Waals surface area contributed by atoms with E-state index in [4.69, 9.17) is 9.47 Å². The molecule has 1 aliphatic heterocycles. The Hall–Kier alpha value is -3.36. The molecule has 196 valence electrons. The molecule has 1 aliphatic rings. The molecule has 0 spiro atoms. The summed E-state index contributed by atoms with van der Waals surface area (Å²) in [5.74, 6) is 0.642. The van der Waals surface area contributed by atoms with Crippen molar-refractivity contribution in [3.8, 4) is 5.75 Å². The molecule has 0 aliphatic carbocycles. The highest BCUT2D eigenvalue weighted by Gasteiger charge is 2.27. The Labute approximate surface area is 223 Å². The number of anilines is 1. The van der Waals surface area contributed by atoms with Gasteiger partial charge in [-0.2, -0.15) is 0 Å². The van der Waals surface area contributed by atoms with Gasteiger partial charge in [0, 0.05) is 30.3 Å². The standard InChI is InChI=1S/C29H35N3O4S/c1-3-35-25-13-11-24(12-14-25)30-29(34)32(19-26-10-7-16-36-26)21-28(33)31(18-23-8-5-4-6-9-23)20-27-22(2)15-17-37-27/h4-6,8-9,11-15,17,26H,3,7,10,16,18-21H2,1-2H3,(H,30,34).